The molecule has 0 amide bonds. The van der Waals surface area contributed by atoms with E-state index in [9.17, 15) is 0 Å². The van der Waals surface area contributed by atoms with E-state index in [1.165, 1.54) is 6.20 Å². The van der Waals surface area contributed by atoms with Gasteiger partial charge in [-0.25, -0.2) is 9.97 Å². The Morgan fingerprint density at radius 3 is 2.75 bits per heavy atom. The number of aromatic nitrogens is 2. The van der Waals surface area contributed by atoms with Crippen molar-refractivity contribution in [2.45, 2.75) is 6.54 Å². The molecule has 0 saturated heterocycles. The molecule has 0 spiro atoms. The number of rotatable bonds is 4. The highest BCUT2D eigenvalue weighted by Crippen LogP contribution is 2.21. The first-order valence-corrected chi connectivity index (χ1v) is 6.66. The number of halogens is 1. The fourth-order valence-electron chi connectivity index (χ4n) is 1.80. The predicted octanol–water partition coefficient (Wildman–Crippen LogP) is 1.97. The maximum atomic E-state index is 8.80. The smallest absolute Gasteiger partial charge is 0.192 e. The van der Waals surface area contributed by atoms with Gasteiger partial charge in [-0.1, -0.05) is 39.3 Å². The third-order valence-electron chi connectivity index (χ3n) is 2.76. The molecule has 0 aliphatic carbocycles. The molecule has 1 aromatic carbocycles. The van der Waals surface area contributed by atoms with Crippen LogP contribution in [-0.2, 0) is 6.54 Å². The standard InChI is InChI=1S/C13H14BrN5O/c1-19(8-9-4-2-3-5-10(9)14)13-11(12(15)18-20)16-6-7-17-13/h2-7,20H,8H2,1H3,(H2,15,18). The summed E-state index contributed by atoms with van der Waals surface area (Å²) in [6.45, 7) is 0.617. The molecule has 1 aromatic heterocycles. The Balaban J connectivity index is 2.30. The van der Waals surface area contributed by atoms with Gasteiger partial charge in [-0.15, -0.1) is 0 Å². The normalized spacial score (nSPS) is 11.4. The van der Waals surface area contributed by atoms with Crippen molar-refractivity contribution in [2.24, 2.45) is 10.9 Å². The van der Waals surface area contributed by atoms with Crippen molar-refractivity contribution in [1.29, 1.82) is 0 Å². The van der Waals surface area contributed by atoms with E-state index >= 15 is 0 Å². The molecule has 0 atom stereocenters. The molecular formula is C13H14BrN5O. The minimum atomic E-state index is -0.0629. The fraction of sp³-hybridized carbons (Fsp3) is 0.154. The summed E-state index contributed by atoms with van der Waals surface area (Å²) in [5, 5.41) is 11.8. The van der Waals surface area contributed by atoms with Gasteiger partial charge in [0, 0.05) is 30.5 Å². The zero-order valence-corrected chi connectivity index (χ0v) is 12.4. The first kappa shape index (κ1) is 14.3. The lowest BCUT2D eigenvalue weighted by Crippen LogP contribution is -2.25. The molecule has 0 radical (unpaired) electrons. The molecule has 104 valence electrons. The Morgan fingerprint density at radius 2 is 2.05 bits per heavy atom. The van der Waals surface area contributed by atoms with Gasteiger partial charge >= 0.3 is 0 Å². The van der Waals surface area contributed by atoms with Crippen molar-refractivity contribution in [3.63, 3.8) is 0 Å². The zero-order valence-electron chi connectivity index (χ0n) is 10.9. The summed E-state index contributed by atoms with van der Waals surface area (Å²) in [5.41, 5.74) is 7.07. The van der Waals surface area contributed by atoms with Crippen LogP contribution in [0.1, 0.15) is 11.3 Å². The van der Waals surface area contributed by atoms with Crippen molar-refractivity contribution in [2.75, 3.05) is 11.9 Å². The second kappa shape index (κ2) is 6.33. The van der Waals surface area contributed by atoms with E-state index in [0.29, 0.717) is 18.1 Å². The molecule has 1 heterocycles. The number of benzene rings is 1. The summed E-state index contributed by atoms with van der Waals surface area (Å²) in [7, 11) is 1.87. The van der Waals surface area contributed by atoms with Crippen LogP contribution >= 0.6 is 15.9 Å². The third kappa shape index (κ3) is 3.05. The van der Waals surface area contributed by atoms with Crippen LogP contribution in [0, 0.1) is 0 Å². The fourth-order valence-corrected chi connectivity index (χ4v) is 2.21. The van der Waals surface area contributed by atoms with Crippen LogP contribution < -0.4 is 10.6 Å². The van der Waals surface area contributed by atoms with Crippen molar-refractivity contribution in [3.05, 3.63) is 52.4 Å². The monoisotopic (exact) mass is 335 g/mol. The Labute approximate surface area is 125 Å². The van der Waals surface area contributed by atoms with Gasteiger partial charge in [0.15, 0.2) is 17.3 Å². The molecule has 2 rings (SSSR count). The van der Waals surface area contributed by atoms with E-state index in [1.807, 2.05) is 36.2 Å². The number of nitrogens with two attached hydrogens (primary N) is 1. The first-order chi connectivity index (χ1) is 9.63. The van der Waals surface area contributed by atoms with Crippen LogP contribution in [-0.4, -0.2) is 28.1 Å². The van der Waals surface area contributed by atoms with Crippen LogP contribution in [0.3, 0.4) is 0 Å². The van der Waals surface area contributed by atoms with E-state index in [4.69, 9.17) is 10.9 Å². The molecule has 0 aliphatic heterocycles. The van der Waals surface area contributed by atoms with Gasteiger partial charge in [0.25, 0.3) is 0 Å². The van der Waals surface area contributed by atoms with Crippen molar-refractivity contribution in [3.8, 4) is 0 Å². The molecule has 6 nitrogen and oxygen atoms in total. The highest BCUT2D eigenvalue weighted by Gasteiger charge is 2.14. The SMILES string of the molecule is CN(Cc1ccccc1Br)c1nccnc1C(N)=NO. The molecule has 0 aliphatic rings. The molecule has 7 heteroatoms. The lowest BCUT2D eigenvalue weighted by molar-refractivity contribution is 0.318. The van der Waals surface area contributed by atoms with Gasteiger partial charge in [0.2, 0.25) is 0 Å². The Kier molecular flexibility index (Phi) is 4.52. The van der Waals surface area contributed by atoms with Crippen LogP contribution in [0.4, 0.5) is 5.82 Å². The molecule has 0 unspecified atom stereocenters. The molecule has 2 aromatic rings. The topological polar surface area (TPSA) is 87.6 Å². The minimum Gasteiger partial charge on any atom is -0.409 e. The summed E-state index contributed by atoms with van der Waals surface area (Å²) in [6.07, 6.45) is 3.07. The number of amidine groups is 1. The highest BCUT2D eigenvalue weighted by molar-refractivity contribution is 9.10. The van der Waals surface area contributed by atoms with E-state index in [1.54, 1.807) is 6.20 Å². The van der Waals surface area contributed by atoms with Gasteiger partial charge in [0.1, 0.15) is 0 Å². The van der Waals surface area contributed by atoms with Crippen LogP contribution in [0.15, 0.2) is 46.3 Å². The third-order valence-corrected chi connectivity index (χ3v) is 3.53. The zero-order chi connectivity index (χ0) is 14.5. The lowest BCUT2D eigenvalue weighted by Gasteiger charge is -2.20. The molecule has 0 bridgehead atoms. The van der Waals surface area contributed by atoms with Gasteiger partial charge < -0.3 is 15.8 Å². The Morgan fingerprint density at radius 1 is 1.35 bits per heavy atom. The minimum absolute atomic E-state index is 0.0629. The number of nitrogens with zero attached hydrogens (tertiary/aromatic N) is 4. The van der Waals surface area contributed by atoms with Gasteiger partial charge in [-0.05, 0) is 11.6 Å². The van der Waals surface area contributed by atoms with Crippen LogP contribution in [0.5, 0.6) is 0 Å². The van der Waals surface area contributed by atoms with Gasteiger partial charge in [0.05, 0.1) is 0 Å². The van der Waals surface area contributed by atoms with E-state index < -0.39 is 0 Å². The van der Waals surface area contributed by atoms with Gasteiger partial charge in [-0.3, -0.25) is 0 Å². The maximum absolute atomic E-state index is 8.80. The number of anilines is 1. The second-order valence-electron chi connectivity index (χ2n) is 4.16. The second-order valence-corrected chi connectivity index (χ2v) is 5.02. The van der Waals surface area contributed by atoms with E-state index in [0.717, 1.165) is 10.0 Å². The van der Waals surface area contributed by atoms with Gasteiger partial charge in [-0.2, -0.15) is 0 Å². The van der Waals surface area contributed by atoms with Crippen molar-refractivity contribution >= 4 is 27.6 Å². The number of oxime groups is 1. The summed E-state index contributed by atoms with van der Waals surface area (Å²) >= 11 is 3.51. The average molecular weight is 336 g/mol. The molecule has 0 fully saturated rings. The highest BCUT2D eigenvalue weighted by atomic mass is 79.9. The lowest BCUT2D eigenvalue weighted by atomic mass is 10.2. The molecule has 3 N–H and O–H groups in total. The first-order valence-electron chi connectivity index (χ1n) is 5.87. The van der Waals surface area contributed by atoms with E-state index in [-0.39, 0.29) is 5.84 Å². The quantitative estimate of drug-likeness (QED) is 0.386. The number of hydrogen-bond donors (Lipinski definition) is 2. The number of hydrogen-bond acceptors (Lipinski definition) is 5. The summed E-state index contributed by atoms with van der Waals surface area (Å²) < 4.78 is 1.01. The predicted molar refractivity (Wildman–Crippen MR) is 80.8 cm³/mol. The van der Waals surface area contributed by atoms with Crippen molar-refractivity contribution in [1.82, 2.24) is 9.97 Å². The summed E-state index contributed by atoms with van der Waals surface area (Å²) in [4.78, 5) is 10.2. The molecular weight excluding hydrogens is 322 g/mol. The summed E-state index contributed by atoms with van der Waals surface area (Å²) in [5.74, 6) is 0.491. The Hall–Kier alpha value is -2.15. The van der Waals surface area contributed by atoms with Crippen molar-refractivity contribution < 1.29 is 5.21 Å². The van der Waals surface area contributed by atoms with Crippen LogP contribution in [0.25, 0.3) is 0 Å². The molecule has 0 saturated carbocycles. The molecule has 20 heavy (non-hydrogen) atoms. The van der Waals surface area contributed by atoms with Crippen LogP contribution in [0.2, 0.25) is 0 Å². The average Bonchev–Trinajstić information content (AvgIpc) is 2.48. The Bertz CT molecular complexity index is 632. The largest absolute Gasteiger partial charge is 0.409 e. The van der Waals surface area contributed by atoms with E-state index in [2.05, 4.69) is 31.1 Å². The maximum Gasteiger partial charge on any atom is 0.192 e. The summed E-state index contributed by atoms with van der Waals surface area (Å²) in [6, 6.07) is 7.91.